The molecule has 2 amide bonds. The molecule has 2 saturated carbocycles. The van der Waals surface area contributed by atoms with Crippen molar-refractivity contribution < 1.29 is 36.0 Å². The lowest BCUT2D eigenvalue weighted by Crippen LogP contribution is -2.30. The highest BCUT2D eigenvalue weighted by Crippen LogP contribution is 2.45. The Labute approximate surface area is 238 Å². The highest BCUT2D eigenvalue weighted by Gasteiger charge is 2.42. The summed E-state index contributed by atoms with van der Waals surface area (Å²) in [4.78, 5) is 33.6. The highest BCUT2D eigenvalue weighted by molar-refractivity contribution is 5.92. The van der Waals surface area contributed by atoms with Crippen molar-refractivity contribution in [2.75, 3.05) is 0 Å². The number of hydrogen-bond acceptors (Lipinski definition) is 6. The topological polar surface area (TPSA) is 128 Å². The third-order valence-electron chi connectivity index (χ3n) is 8.01. The van der Waals surface area contributed by atoms with Crippen LogP contribution in [-0.4, -0.2) is 43.5 Å². The molecule has 9 nitrogen and oxygen atoms in total. The molecule has 2 atom stereocenters. The van der Waals surface area contributed by atoms with Crippen molar-refractivity contribution in [1.82, 2.24) is 24.9 Å². The zero-order chi connectivity index (χ0) is 30.4. The summed E-state index contributed by atoms with van der Waals surface area (Å²) in [6.45, 7) is 3.64. The average Bonchev–Trinajstić information content (AvgIpc) is 3.50. The molecule has 3 N–H and O–H groups in total. The molecule has 228 valence electrons. The van der Waals surface area contributed by atoms with Crippen LogP contribution in [-0.2, 0) is 4.79 Å². The molecule has 0 aromatic carbocycles. The minimum absolute atomic E-state index is 0.0103. The first-order chi connectivity index (χ1) is 19.7. The van der Waals surface area contributed by atoms with Crippen LogP contribution in [0.25, 0.3) is 5.65 Å². The van der Waals surface area contributed by atoms with Crippen LogP contribution in [0.1, 0.15) is 116 Å². The van der Waals surface area contributed by atoms with E-state index in [9.17, 15) is 31.5 Å². The SMILES string of the molecule is CC(C)c1oc([C@H](c2cn3ncc([C@H](NC(=O)CCC(F)(F)F)C4CC4)cc3n2)C2CCC(F)(F)CC2)nc1C(N)=O. The fraction of sp³-hybridized carbons (Fsp3) is 0.607. The second-order valence-electron chi connectivity index (χ2n) is 11.7. The van der Waals surface area contributed by atoms with Crippen molar-refractivity contribution in [1.29, 1.82) is 0 Å². The van der Waals surface area contributed by atoms with Crippen LogP contribution < -0.4 is 11.1 Å². The smallest absolute Gasteiger partial charge is 0.389 e. The van der Waals surface area contributed by atoms with E-state index in [2.05, 4.69) is 15.4 Å². The van der Waals surface area contributed by atoms with Gasteiger partial charge in [-0.1, -0.05) is 13.8 Å². The molecule has 0 aliphatic heterocycles. The number of alkyl halides is 5. The Balaban J connectivity index is 1.48. The number of rotatable bonds is 10. The van der Waals surface area contributed by atoms with Crippen LogP contribution in [0.4, 0.5) is 22.0 Å². The fourth-order valence-electron chi connectivity index (χ4n) is 5.65. The lowest BCUT2D eigenvalue weighted by molar-refractivity contribution is -0.144. The number of hydrogen-bond donors (Lipinski definition) is 2. The van der Waals surface area contributed by atoms with E-state index >= 15 is 0 Å². The number of halogens is 5. The summed E-state index contributed by atoms with van der Waals surface area (Å²) in [5.41, 5.74) is 7.00. The van der Waals surface area contributed by atoms with Crippen molar-refractivity contribution >= 4 is 17.5 Å². The van der Waals surface area contributed by atoms with Gasteiger partial charge in [0.2, 0.25) is 17.7 Å². The quantitative estimate of drug-likeness (QED) is 0.285. The number of carbonyl (C=O) groups excluding carboxylic acids is 2. The minimum atomic E-state index is -4.43. The first kappa shape index (κ1) is 29.9. The molecule has 2 aliphatic carbocycles. The molecular formula is C28H33F5N6O3. The summed E-state index contributed by atoms with van der Waals surface area (Å²) < 4.78 is 73.5. The maximum atomic E-state index is 14.1. The maximum Gasteiger partial charge on any atom is 0.389 e. The number of amides is 2. The Hall–Kier alpha value is -3.58. The number of oxazole rings is 1. The zero-order valence-corrected chi connectivity index (χ0v) is 23.3. The third kappa shape index (κ3) is 6.73. The third-order valence-corrected chi connectivity index (χ3v) is 8.01. The van der Waals surface area contributed by atoms with Gasteiger partial charge in [-0.3, -0.25) is 9.59 Å². The van der Waals surface area contributed by atoms with Gasteiger partial charge in [-0.2, -0.15) is 18.3 Å². The lowest BCUT2D eigenvalue weighted by Gasteiger charge is -2.31. The second kappa shape index (κ2) is 11.3. The molecule has 0 bridgehead atoms. The van der Waals surface area contributed by atoms with Gasteiger partial charge in [-0.15, -0.1) is 0 Å². The average molecular weight is 597 g/mol. The maximum absolute atomic E-state index is 14.1. The van der Waals surface area contributed by atoms with E-state index in [1.54, 1.807) is 12.3 Å². The normalized spacial score (nSPS) is 19.2. The van der Waals surface area contributed by atoms with Crippen molar-refractivity contribution in [3.05, 3.63) is 47.1 Å². The van der Waals surface area contributed by atoms with Gasteiger partial charge in [-0.25, -0.2) is 23.3 Å². The summed E-state index contributed by atoms with van der Waals surface area (Å²) in [7, 11) is 0. The molecule has 3 aromatic rings. The summed E-state index contributed by atoms with van der Waals surface area (Å²) in [5.74, 6) is -4.84. The van der Waals surface area contributed by atoms with Crippen LogP contribution in [0.15, 0.2) is 22.9 Å². The minimum Gasteiger partial charge on any atom is -0.444 e. The number of nitrogens with zero attached hydrogens (tertiary/aromatic N) is 4. The van der Waals surface area contributed by atoms with Crippen LogP contribution in [0.5, 0.6) is 0 Å². The summed E-state index contributed by atoms with van der Waals surface area (Å²) in [5, 5.41) is 7.15. The molecule has 0 spiro atoms. The zero-order valence-electron chi connectivity index (χ0n) is 23.3. The number of nitrogens with two attached hydrogens (primary N) is 1. The van der Waals surface area contributed by atoms with Gasteiger partial charge < -0.3 is 15.5 Å². The molecule has 2 aliphatic rings. The molecule has 0 unspecified atom stereocenters. The van der Waals surface area contributed by atoms with Crippen molar-refractivity contribution in [2.24, 2.45) is 17.6 Å². The number of aromatic nitrogens is 4. The number of fused-ring (bicyclic) bond motifs is 1. The molecule has 3 heterocycles. The van der Waals surface area contributed by atoms with Crippen molar-refractivity contribution in [3.63, 3.8) is 0 Å². The summed E-state index contributed by atoms with van der Waals surface area (Å²) in [6.07, 6.45) is -1.73. The number of nitrogens with one attached hydrogen (secondary N) is 1. The molecular weight excluding hydrogens is 563 g/mol. The molecule has 0 radical (unpaired) electrons. The molecule has 42 heavy (non-hydrogen) atoms. The second-order valence-corrected chi connectivity index (χ2v) is 11.7. The van der Waals surface area contributed by atoms with Gasteiger partial charge in [0.15, 0.2) is 11.3 Å². The molecule has 14 heteroatoms. The lowest BCUT2D eigenvalue weighted by atomic mass is 9.77. The van der Waals surface area contributed by atoms with Gasteiger partial charge in [0.05, 0.1) is 36.5 Å². The van der Waals surface area contributed by atoms with E-state index in [4.69, 9.17) is 15.1 Å². The Kier molecular flexibility index (Phi) is 8.01. The Bertz CT molecular complexity index is 1450. The predicted molar refractivity (Wildman–Crippen MR) is 140 cm³/mol. The van der Waals surface area contributed by atoms with E-state index < -0.39 is 48.7 Å². The number of primary amides is 1. The fourth-order valence-corrected chi connectivity index (χ4v) is 5.65. The van der Waals surface area contributed by atoms with Gasteiger partial charge in [0.25, 0.3) is 5.91 Å². The van der Waals surface area contributed by atoms with Crippen LogP contribution in [0.2, 0.25) is 0 Å². The largest absolute Gasteiger partial charge is 0.444 e. The van der Waals surface area contributed by atoms with E-state index in [0.29, 0.717) is 22.7 Å². The monoisotopic (exact) mass is 596 g/mol. The van der Waals surface area contributed by atoms with Crippen molar-refractivity contribution in [2.45, 2.75) is 95.2 Å². The number of imidazole rings is 1. The molecule has 3 aromatic heterocycles. The van der Waals surface area contributed by atoms with Crippen LogP contribution in [0.3, 0.4) is 0 Å². The van der Waals surface area contributed by atoms with Crippen LogP contribution in [0, 0.1) is 11.8 Å². The standard InChI is InChI=1S/C28H33F5N6O3/c1-14(2)24-23(25(34)41)38-26(42-24)21(15-5-8-27(29,30)9-6-15)18-13-39-19(36-18)11-17(12-35-39)22(16-3-4-16)37-20(40)7-10-28(31,32)33/h11-16,21-22H,3-10H2,1-2H3,(H2,34,41)(H,37,40)/t21-,22+/m0/s1. The van der Waals surface area contributed by atoms with Gasteiger partial charge >= 0.3 is 6.18 Å². The predicted octanol–water partition coefficient (Wildman–Crippen LogP) is 5.81. The molecule has 2 fully saturated rings. The Morgan fingerprint density at radius 2 is 1.83 bits per heavy atom. The summed E-state index contributed by atoms with van der Waals surface area (Å²) >= 11 is 0. The molecule has 0 saturated heterocycles. The Morgan fingerprint density at radius 1 is 1.14 bits per heavy atom. The number of carbonyl (C=O) groups is 2. The highest BCUT2D eigenvalue weighted by atomic mass is 19.4. The summed E-state index contributed by atoms with van der Waals surface area (Å²) in [6, 6.07) is 1.19. The first-order valence-corrected chi connectivity index (χ1v) is 14.1. The first-order valence-electron chi connectivity index (χ1n) is 14.1. The van der Waals surface area contributed by atoms with Crippen LogP contribution >= 0.6 is 0 Å². The molecule has 5 rings (SSSR count). The Morgan fingerprint density at radius 3 is 2.40 bits per heavy atom. The van der Waals surface area contributed by atoms with E-state index in [-0.39, 0.29) is 55.0 Å². The van der Waals surface area contributed by atoms with Gasteiger partial charge in [0.1, 0.15) is 5.76 Å². The van der Waals surface area contributed by atoms with Crippen molar-refractivity contribution in [3.8, 4) is 0 Å². The van der Waals surface area contributed by atoms with Gasteiger partial charge in [-0.05, 0) is 49.1 Å². The van der Waals surface area contributed by atoms with Gasteiger partial charge in [0, 0.05) is 25.2 Å². The van der Waals surface area contributed by atoms with E-state index in [1.807, 2.05) is 13.8 Å². The van der Waals surface area contributed by atoms with E-state index in [0.717, 1.165) is 12.8 Å². The van der Waals surface area contributed by atoms with E-state index in [1.165, 1.54) is 10.7 Å².